The largest absolute Gasteiger partial charge is 0.309 e. The van der Waals surface area contributed by atoms with Crippen LogP contribution >= 0.6 is 0 Å². The van der Waals surface area contributed by atoms with Crippen molar-refractivity contribution < 1.29 is 0 Å². The van der Waals surface area contributed by atoms with Gasteiger partial charge in [0, 0.05) is 5.69 Å². The van der Waals surface area contributed by atoms with Gasteiger partial charge in [0.05, 0.1) is 28.4 Å². The number of para-hydroxylation sites is 1. The molecule has 0 N–H and O–H groups in total. The number of anilines is 6. The van der Waals surface area contributed by atoms with Crippen LogP contribution in [0.2, 0.25) is 0 Å². The molecule has 0 heterocycles. The summed E-state index contributed by atoms with van der Waals surface area (Å²) in [6.45, 7) is 44.0. The Balaban J connectivity index is 2.00. The first kappa shape index (κ1) is 37.9. The van der Waals surface area contributed by atoms with Crippen LogP contribution < -0.4 is 9.80 Å². The average Bonchev–Trinajstić information content (AvgIpc) is 3.11. The first-order chi connectivity index (χ1) is 23.8. The molecule has 0 bridgehead atoms. The maximum atomic E-state index is 2.67. The lowest BCUT2D eigenvalue weighted by atomic mass is 9.86. The third-order valence-corrected chi connectivity index (χ3v) is 13.6. The zero-order valence-electron chi connectivity index (χ0n) is 35.3. The Kier molecular flexibility index (Phi) is 10.2. The van der Waals surface area contributed by atoms with E-state index in [0.717, 1.165) is 0 Å². The number of hydrogen-bond acceptors (Lipinski definition) is 2. The van der Waals surface area contributed by atoms with Crippen LogP contribution in [0.15, 0.2) is 30.3 Å². The van der Waals surface area contributed by atoms with Gasteiger partial charge >= 0.3 is 0 Å². The van der Waals surface area contributed by atoms with Gasteiger partial charge in [0.2, 0.25) is 0 Å². The SMILES string of the molecule is Cc1c(C)c(C)c(N(c2ccccc2)c2c(C)c(C)c(N(c3c(C)c(C)c(C)c(C)c3C)c3c(C)c(C)c(C)c(C)c3C)c(C)c2C)c(C)c1C. The molecule has 5 aromatic rings. The molecule has 0 aromatic heterocycles. The van der Waals surface area contributed by atoms with Crippen LogP contribution in [-0.2, 0) is 0 Å². The van der Waals surface area contributed by atoms with Crippen LogP contribution in [0.25, 0.3) is 0 Å². The predicted octanol–water partition coefficient (Wildman–Crippen LogP) is 14.5. The summed E-state index contributed by atoms with van der Waals surface area (Å²) in [6.07, 6.45) is 0. The maximum absolute atomic E-state index is 2.67. The monoisotopic (exact) mass is 678 g/mol. The fourth-order valence-electron chi connectivity index (χ4n) is 8.67. The Morgan fingerprint density at radius 2 is 0.392 bits per heavy atom. The van der Waals surface area contributed by atoms with Gasteiger partial charge in [0.1, 0.15) is 0 Å². The fourth-order valence-corrected chi connectivity index (χ4v) is 8.67. The van der Waals surface area contributed by atoms with Gasteiger partial charge in [-0.25, -0.2) is 0 Å². The Hall–Kier alpha value is -4.30. The summed E-state index contributed by atoms with van der Waals surface area (Å²) >= 11 is 0. The van der Waals surface area contributed by atoms with Gasteiger partial charge < -0.3 is 9.80 Å². The minimum absolute atomic E-state index is 1.19. The predicted molar refractivity (Wildman–Crippen MR) is 226 cm³/mol. The Morgan fingerprint density at radius 1 is 0.216 bits per heavy atom. The van der Waals surface area contributed by atoms with Crippen molar-refractivity contribution in [3.05, 3.63) is 136 Å². The van der Waals surface area contributed by atoms with E-state index >= 15 is 0 Å². The van der Waals surface area contributed by atoms with E-state index in [1.807, 2.05) is 0 Å². The van der Waals surface area contributed by atoms with Gasteiger partial charge in [-0.1, -0.05) is 18.2 Å². The highest BCUT2D eigenvalue weighted by atomic mass is 15.2. The molecule has 2 nitrogen and oxygen atoms in total. The maximum Gasteiger partial charge on any atom is 0.0527 e. The smallest absolute Gasteiger partial charge is 0.0527 e. The zero-order valence-corrected chi connectivity index (χ0v) is 35.3. The molecule has 0 aliphatic carbocycles. The van der Waals surface area contributed by atoms with E-state index in [1.54, 1.807) is 0 Å². The van der Waals surface area contributed by atoms with Crippen molar-refractivity contribution in [2.24, 2.45) is 0 Å². The third-order valence-electron chi connectivity index (χ3n) is 13.6. The van der Waals surface area contributed by atoms with E-state index in [1.165, 1.54) is 140 Å². The van der Waals surface area contributed by atoms with E-state index in [-0.39, 0.29) is 0 Å². The highest BCUT2D eigenvalue weighted by molar-refractivity contribution is 5.93. The molecule has 0 saturated heterocycles. The van der Waals surface area contributed by atoms with Crippen LogP contribution in [0.5, 0.6) is 0 Å². The molecule has 2 heteroatoms. The standard InChI is InChI=1S/C49H62N2/c1-25-28(4)34(10)45(35(11)29(25)5)50(44-23-21-20-22-24-44)46-40(16)42(18)49(43(19)41(46)17)51(47-36(12)30(6)26(2)31(7)37(47)13)48-38(14)32(8)27(3)33(9)39(48)15/h20-24H,1-19H3. The van der Waals surface area contributed by atoms with Crippen LogP contribution in [-0.4, -0.2) is 0 Å². The first-order valence-electron chi connectivity index (χ1n) is 18.8. The minimum atomic E-state index is 1.19. The van der Waals surface area contributed by atoms with Crippen molar-refractivity contribution in [3.8, 4) is 0 Å². The highest BCUT2D eigenvalue weighted by Crippen LogP contribution is 2.53. The number of nitrogens with zero attached hydrogens (tertiary/aromatic N) is 2. The average molecular weight is 679 g/mol. The molecule has 0 saturated carbocycles. The Bertz CT molecular complexity index is 2040. The van der Waals surface area contributed by atoms with E-state index in [4.69, 9.17) is 0 Å². The zero-order chi connectivity index (χ0) is 38.1. The van der Waals surface area contributed by atoms with E-state index in [2.05, 4.69) is 172 Å². The molecule has 5 rings (SSSR count). The lowest BCUT2D eigenvalue weighted by Crippen LogP contribution is -2.23. The summed E-state index contributed by atoms with van der Waals surface area (Å²) in [7, 11) is 0. The third kappa shape index (κ3) is 5.70. The summed E-state index contributed by atoms with van der Waals surface area (Å²) in [5, 5.41) is 0. The molecule has 0 fully saturated rings. The van der Waals surface area contributed by atoms with Gasteiger partial charge in [0.15, 0.2) is 0 Å². The van der Waals surface area contributed by atoms with Gasteiger partial charge in [-0.15, -0.1) is 0 Å². The molecule has 268 valence electrons. The Morgan fingerprint density at radius 3 is 0.627 bits per heavy atom. The summed E-state index contributed by atoms with van der Waals surface area (Å²) in [4.78, 5) is 5.24. The molecule has 51 heavy (non-hydrogen) atoms. The molecule has 0 aliphatic rings. The molecular weight excluding hydrogens is 617 g/mol. The van der Waals surface area contributed by atoms with E-state index < -0.39 is 0 Å². The fraction of sp³-hybridized carbons (Fsp3) is 0.388. The van der Waals surface area contributed by atoms with Gasteiger partial charge in [0.25, 0.3) is 0 Å². The number of hydrogen-bond donors (Lipinski definition) is 0. The van der Waals surface area contributed by atoms with Gasteiger partial charge in [-0.3, -0.25) is 0 Å². The summed E-state index contributed by atoms with van der Waals surface area (Å²) in [5.41, 5.74) is 33.4. The normalized spacial score (nSPS) is 11.4. The molecule has 0 amide bonds. The molecule has 0 spiro atoms. The molecule has 0 aliphatic heterocycles. The first-order valence-corrected chi connectivity index (χ1v) is 18.8. The summed E-state index contributed by atoms with van der Waals surface area (Å²) in [6, 6.07) is 11.0. The summed E-state index contributed by atoms with van der Waals surface area (Å²) in [5.74, 6) is 0. The van der Waals surface area contributed by atoms with E-state index in [9.17, 15) is 0 Å². The van der Waals surface area contributed by atoms with Crippen molar-refractivity contribution in [1.82, 2.24) is 0 Å². The number of rotatable bonds is 6. The van der Waals surface area contributed by atoms with Crippen molar-refractivity contribution in [2.75, 3.05) is 9.80 Å². The summed E-state index contributed by atoms with van der Waals surface area (Å²) < 4.78 is 0. The van der Waals surface area contributed by atoms with Crippen LogP contribution in [0.1, 0.15) is 106 Å². The van der Waals surface area contributed by atoms with Crippen LogP contribution in [0, 0.1) is 132 Å². The second-order valence-corrected chi connectivity index (χ2v) is 15.6. The van der Waals surface area contributed by atoms with Crippen molar-refractivity contribution >= 4 is 34.1 Å². The van der Waals surface area contributed by atoms with Crippen molar-refractivity contribution in [1.29, 1.82) is 0 Å². The van der Waals surface area contributed by atoms with Crippen molar-refractivity contribution in [3.63, 3.8) is 0 Å². The topological polar surface area (TPSA) is 6.48 Å². The Labute approximate surface area is 310 Å². The molecular formula is C49H62N2. The lowest BCUT2D eigenvalue weighted by molar-refractivity contribution is 1.06. The van der Waals surface area contributed by atoms with E-state index in [0.29, 0.717) is 0 Å². The van der Waals surface area contributed by atoms with Gasteiger partial charge in [-0.2, -0.15) is 0 Å². The second-order valence-electron chi connectivity index (χ2n) is 15.6. The quantitative estimate of drug-likeness (QED) is 0.176. The molecule has 5 aromatic carbocycles. The van der Waals surface area contributed by atoms with Gasteiger partial charge in [-0.05, 0) is 249 Å². The lowest BCUT2D eigenvalue weighted by Gasteiger charge is -2.39. The molecule has 0 atom stereocenters. The number of benzene rings is 5. The van der Waals surface area contributed by atoms with Crippen LogP contribution in [0.3, 0.4) is 0 Å². The van der Waals surface area contributed by atoms with Crippen LogP contribution in [0.4, 0.5) is 34.1 Å². The molecule has 0 radical (unpaired) electrons. The molecule has 0 unspecified atom stereocenters. The van der Waals surface area contributed by atoms with Crippen molar-refractivity contribution in [2.45, 2.75) is 132 Å². The highest BCUT2D eigenvalue weighted by Gasteiger charge is 2.32. The second kappa shape index (κ2) is 13.7. The minimum Gasteiger partial charge on any atom is -0.309 e.